The number of aromatic nitrogens is 3. The standard InChI is InChI=1S/C14H17BrN4OS/c1-8(16)6-9-2-3-10(15)7-12(9)21-14-18-17-13(20)19(14)11-4-5-11/h2-3,7-8,11H,4-6,16H2,1H3,(H,17,20). The minimum Gasteiger partial charge on any atom is -0.328 e. The van der Waals surface area contributed by atoms with Gasteiger partial charge in [-0.25, -0.2) is 9.89 Å². The molecule has 1 aromatic carbocycles. The number of nitrogens with zero attached hydrogens (tertiary/aromatic N) is 2. The molecular formula is C14H17BrN4OS. The highest BCUT2D eigenvalue weighted by molar-refractivity contribution is 9.10. The van der Waals surface area contributed by atoms with Gasteiger partial charge in [0.25, 0.3) is 0 Å². The Labute approximate surface area is 135 Å². The third-order valence-corrected chi connectivity index (χ3v) is 4.92. The zero-order valence-electron chi connectivity index (χ0n) is 11.7. The van der Waals surface area contributed by atoms with E-state index >= 15 is 0 Å². The number of nitrogens with two attached hydrogens (primary N) is 1. The summed E-state index contributed by atoms with van der Waals surface area (Å²) in [5, 5.41) is 7.45. The number of nitrogens with one attached hydrogen (secondary N) is 1. The van der Waals surface area contributed by atoms with Crippen molar-refractivity contribution in [2.45, 2.75) is 48.3 Å². The Balaban J connectivity index is 1.94. The van der Waals surface area contributed by atoms with E-state index in [-0.39, 0.29) is 11.7 Å². The van der Waals surface area contributed by atoms with E-state index in [1.807, 2.05) is 13.0 Å². The van der Waals surface area contributed by atoms with Crippen LogP contribution >= 0.6 is 27.7 Å². The van der Waals surface area contributed by atoms with Crippen molar-refractivity contribution in [2.24, 2.45) is 5.73 Å². The molecule has 0 radical (unpaired) electrons. The number of halogens is 1. The molecular weight excluding hydrogens is 352 g/mol. The average Bonchev–Trinajstić information content (AvgIpc) is 3.18. The summed E-state index contributed by atoms with van der Waals surface area (Å²) < 4.78 is 2.77. The summed E-state index contributed by atoms with van der Waals surface area (Å²) in [6, 6.07) is 6.54. The summed E-state index contributed by atoms with van der Waals surface area (Å²) in [6.07, 6.45) is 2.91. The molecule has 1 unspecified atom stereocenters. The van der Waals surface area contributed by atoms with E-state index in [4.69, 9.17) is 5.73 Å². The zero-order chi connectivity index (χ0) is 15.0. The minimum absolute atomic E-state index is 0.0929. The van der Waals surface area contributed by atoms with Crippen LogP contribution in [0.25, 0.3) is 0 Å². The lowest BCUT2D eigenvalue weighted by Gasteiger charge is -2.12. The Kier molecular flexibility index (Phi) is 4.24. The van der Waals surface area contributed by atoms with Crippen LogP contribution in [0.15, 0.2) is 37.5 Å². The van der Waals surface area contributed by atoms with Crippen LogP contribution in [0.4, 0.5) is 0 Å². The number of H-pyrrole nitrogens is 1. The van der Waals surface area contributed by atoms with Crippen molar-refractivity contribution >= 4 is 27.7 Å². The smallest absolute Gasteiger partial charge is 0.328 e. The van der Waals surface area contributed by atoms with Crippen molar-refractivity contribution < 1.29 is 0 Å². The van der Waals surface area contributed by atoms with E-state index in [1.54, 1.807) is 4.57 Å². The van der Waals surface area contributed by atoms with Crippen LogP contribution in [0.3, 0.4) is 0 Å². The normalized spacial score (nSPS) is 16.1. The fraction of sp³-hybridized carbons (Fsp3) is 0.429. The van der Waals surface area contributed by atoms with Crippen LogP contribution < -0.4 is 11.4 Å². The lowest BCUT2D eigenvalue weighted by molar-refractivity contribution is 0.642. The van der Waals surface area contributed by atoms with Gasteiger partial charge in [0, 0.05) is 21.5 Å². The summed E-state index contributed by atoms with van der Waals surface area (Å²) in [4.78, 5) is 12.9. The zero-order valence-corrected chi connectivity index (χ0v) is 14.1. The van der Waals surface area contributed by atoms with Gasteiger partial charge < -0.3 is 5.73 Å². The molecule has 0 saturated heterocycles. The Morgan fingerprint density at radius 2 is 2.33 bits per heavy atom. The molecule has 3 rings (SSSR count). The SMILES string of the molecule is CC(N)Cc1ccc(Br)cc1Sc1n[nH]c(=O)n1C1CC1. The van der Waals surface area contributed by atoms with Gasteiger partial charge in [-0.3, -0.25) is 4.57 Å². The average molecular weight is 369 g/mol. The summed E-state index contributed by atoms with van der Waals surface area (Å²) in [5.74, 6) is 0. The topological polar surface area (TPSA) is 76.7 Å². The summed E-state index contributed by atoms with van der Waals surface area (Å²) >= 11 is 5.02. The molecule has 3 N–H and O–H groups in total. The van der Waals surface area contributed by atoms with Gasteiger partial charge in [0.05, 0.1) is 0 Å². The molecule has 5 nitrogen and oxygen atoms in total. The molecule has 1 aliphatic rings. The lowest BCUT2D eigenvalue weighted by Crippen LogP contribution is -2.18. The molecule has 7 heteroatoms. The number of rotatable bonds is 5. The van der Waals surface area contributed by atoms with Crippen LogP contribution in [0.5, 0.6) is 0 Å². The Morgan fingerprint density at radius 1 is 1.57 bits per heavy atom. The number of benzene rings is 1. The monoisotopic (exact) mass is 368 g/mol. The molecule has 0 aliphatic heterocycles. The number of aromatic amines is 1. The fourth-order valence-electron chi connectivity index (χ4n) is 2.25. The first-order chi connectivity index (χ1) is 10.0. The highest BCUT2D eigenvalue weighted by Crippen LogP contribution is 2.39. The highest BCUT2D eigenvalue weighted by Gasteiger charge is 2.29. The predicted octanol–water partition coefficient (Wildman–Crippen LogP) is 2.71. The second-order valence-corrected chi connectivity index (χ2v) is 7.37. The van der Waals surface area contributed by atoms with Crippen molar-refractivity contribution in [3.63, 3.8) is 0 Å². The van der Waals surface area contributed by atoms with E-state index in [9.17, 15) is 4.79 Å². The molecule has 0 bridgehead atoms. The van der Waals surface area contributed by atoms with Crippen molar-refractivity contribution in [3.8, 4) is 0 Å². The van der Waals surface area contributed by atoms with Crippen LogP contribution in [-0.4, -0.2) is 20.8 Å². The molecule has 2 aromatic rings. The fourth-order valence-corrected chi connectivity index (χ4v) is 3.85. The summed E-state index contributed by atoms with van der Waals surface area (Å²) in [6.45, 7) is 1.99. The third kappa shape index (κ3) is 3.41. The Morgan fingerprint density at radius 3 is 3.00 bits per heavy atom. The minimum atomic E-state index is -0.122. The van der Waals surface area contributed by atoms with Crippen molar-refractivity contribution in [3.05, 3.63) is 38.7 Å². The van der Waals surface area contributed by atoms with Crippen LogP contribution in [0.2, 0.25) is 0 Å². The molecule has 1 atom stereocenters. The van der Waals surface area contributed by atoms with Gasteiger partial charge in [-0.05, 0) is 55.6 Å². The molecule has 1 heterocycles. The second kappa shape index (κ2) is 5.98. The van der Waals surface area contributed by atoms with Gasteiger partial charge >= 0.3 is 5.69 Å². The molecule has 112 valence electrons. The number of hydrogen-bond acceptors (Lipinski definition) is 4. The van der Waals surface area contributed by atoms with E-state index < -0.39 is 0 Å². The van der Waals surface area contributed by atoms with Crippen molar-refractivity contribution in [1.29, 1.82) is 0 Å². The van der Waals surface area contributed by atoms with Gasteiger partial charge in [0.2, 0.25) is 0 Å². The molecule has 1 saturated carbocycles. The van der Waals surface area contributed by atoms with Crippen molar-refractivity contribution in [2.75, 3.05) is 0 Å². The van der Waals surface area contributed by atoms with E-state index in [0.717, 1.165) is 33.8 Å². The van der Waals surface area contributed by atoms with E-state index in [1.165, 1.54) is 17.3 Å². The first-order valence-electron chi connectivity index (χ1n) is 6.93. The first-order valence-corrected chi connectivity index (χ1v) is 8.54. The predicted molar refractivity (Wildman–Crippen MR) is 86.7 cm³/mol. The van der Waals surface area contributed by atoms with Gasteiger partial charge in [-0.1, -0.05) is 22.0 Å². The van der Waals surface area contributed by atoms with Gasteiger partial charge in [-0.2, -0.15) is 0 Å². The Bertz CT molecular complexity index is 705. The molecule has 21 heavy (non-hydrogen) atoms. The lowest BCUT2D eigenvalue weighted by atomic mass is 10.1. The maximum Gasteiger partial charge on any atom is 0.344 e. The molecule has 0 spiro atoms. The second-order valence-electron chi connectivity index (χ2n) is 5.45. The maximum atomic E-state index is 11.8. The molecule has 0 amide bonds. The third-order valence-electron chi connectivity index (χ3n) is 3.36. The van der Waals surface area contributed by atoms with Gasteiger partial charge in [0.15, 0.2) is 5.16 Å². The quantitative estimate of drug-likeness (QED) is 0.850. The molecule has 1 aliphatic carbocycles. The van der Waals surface area contributed by atoms with Gasteiger partial charge in [0.1, 0.15) is 0 Å². The van der Waals surface area contributed by atoms with E-state index in [0.29, 0.717) is 6.04 Å². The van der Waals surface area contributed by atoms with Crippen molar-refractivity contribution in [1.82, 2.24) is 14.8 Å². The largest absolute Gasteiger partial charge is 0.344 e. The Hall–Kier alpha value is -1.05. The molecule has 1 fully saturated rings. The maximum absolute atomic E-state index is 11.8. The number of hydrogen-bond donors (Lipinski definition) is 2. The summed E-state index contributed by atoms with van der Waals surface area (Å²) in [5.41, 5.74) is 6.97. The van der Waals surface area contributed by atoms with Gasteiger partial charge in [-0.15, -0.1) is 5.10 Å². The van der Waals surface area contributed by atoms with Crippen LogP contribution in [-0.2, 0) is 6.42 Å². The summed E-state index contributed by atoms with van der Waals surface area (Å²) in [7, 11) is 0. The molecule has 1 aromatic heterocycles. The highest BCUT2D eigenvalue weighted by atomic mass is 79.9. The van der Waals surface area contributed by atoms with E-state index in [2.05, 4.69) is 38.3 Å². The van der Waals surface area contributed by atoms with Crippen LogP contribution in [0.1, 0.15) is 31.4 Å². The van der Waals surface area contributed by atoms with Crippen LogP contribution in [0, 0.1) is 0 Å². The first kappa shape index (κ1) is 14.9.